The van der Waals surface area contributed by atoms with Crippen LogP contribution in [0.2, 0.25) is 0 Å². The van der Waals surface area contributed by atoms with E-state index in [0.717, 1.165) is 6.92 Å². The lowest BCUT2D eigenvalue weighted by Gasteiger charge is -2.14. The number of carbonyl (C=O) groups excluding carboxylic acids is 1. The van der Waals surface area contributed by atoms with Crippen LogP contribution in [0, 0.1) is 10.1 Å². The van der Waals surface area contributed by atoms with Crippen LogP contribution in [-0.4, -0.2) is 41.7 Å². The SMILES string of the molecule is COc1ccc([N+](=O)[O-])c(OCC(NC(C)=O)C(=O)O)c1. The van der Waals surface area contributed by atoms with Crippen molar-refractivity contribution in [3.8, 4) is 11.5 Å². The largest absolute Gasteiger partial charge is 0.497 e. The third-order valence-electron chi connectivity index (χ3n) is 2.44. The summed E-state index contributed by atoms with van der Waals surface area (Å²) in [6, 6.07) is 2.52. The van der Waals surface area contributed by atoms with Gasteiger partial charge >= 0.3 is 11.7 Å². The molecule has 0 aromatic heterocycles. The number of nitrogens with one attached hydrogen (secondary N) is 1. The lowest BCUT2D eigenvalue weighted by molar-refractivity contribution is -0.385. The number of hydrogen-bond acceptors (Lipinski definition) is 6. The molecule has 2 N–H and O–H groups in total. The van der Waals surface area contributed by atoms with Crippen molar-refractivity contribution in [1.82, 2.24) is 5.32 Å². The van der Waals surface area contributed by atoms with E-state index in [9.17, 15) is 19.7 Å². The van der Waals surface area contributed by atoms with Crippen molar-refractivity contribution in [2.45, 2.75) is 13.0 Å². The molecule has 0 aliphatic heterocycles. The van der Waals surface area contributed by atoms with Gasteiger partial charge in [0.05, 0.1) is 12.0 Å². The number of carboxylic acid groups (broad SMARTS) is 1. The molecule has 1 aromatic rings. The molecule has 0 bridgehead atoms. The Morgan fingerprint density at radius 1 is 1.48 bits per heavy atom. The van der Waals surface area contributed by atoms with Crippen LogP contribution in [0.1, 0.15) is 6.92 Å². The number of methoxy groups -OCH3 is 1. The van der Waals surface area contributed by atoms with Gasteiger partial charge in [-0.1, -0.05) is 0 Å². The lowest BCUT2D eigenvalue weighted by atomic mass is 10.2. The predicted octanol–water partition coefficient (Wildman–Crippen LogP) is 0.571. The van der Waals surface area contributed by atoms with E-state index in [2.05, 4.69) is 5.32 Å². The zero-order valence-electron chi connectivity index (χ0n) is 11.4. The van der Waals surface area contributed by atoms with Crippen LogP contribution in [0.4, 0.5) is 5.69 Å². The fourth-order valence-electron chi connectivity index (χ4n) is 1.48. The molecule has 0 fully saturated rings. The van der Waals surface area contributed by atoms with E-state index in [4.69, 9.17) is 14.6 Å². The average molecular weight is 298 g/mol. The van der Waals surface area contributed by atoms with E-state index in [0.29, 0.717) is 5.75 Å². The molecule has 1 amide bonds. The first-order valence-electron chi connectivity index (χ1n) is 5.80. The zero-order chi connectivity index (χ0) is 16.0. The maximum Gasteiger partial charge on any atom is 0.329 e. The summed E-state index contributed by atoms with van der Waals surface area (Å²) >= 11 is 0. The second kappa shape index (κ2) is 7.08. The van der Waals surface area contributed by atoms with Gasteiger partial charge in [-0.25, -0.2) is 4.79 Å². The van der Waals surface area contributed by atoms with Gasteiger partial charge in [0.1, 0.15) is 12.4 Å². The summed E-state index contributed by atoms with van der Waals surface area (Å²) in [7, 11) is 1.38. The van der Waals surface area contributed by atoms with Crippen LogP contribution in [0.5, 0.6) is 11.5 Å². The average Bonchev–Trinajstić information content (AvgIpc) is 2.42. The van der Waals surface area contributed by atoms with Crippen LogP contribution in [0.25, 0.3) is 0 Å². The van der Waals surface area contributed by atoms with E-state index >= 15 is 0 Å². The van der Waals surface area contributed by atoms with Gasteiger partial charge in [0, 0.05) is 19.1 Å². The zero-order valence-corrected chi connectivity index (χ0v) is 11.4. The van der Waals surface area contributed by atoms with Crippen molar-refractivity contribution in [1.29, 1.82) is 0 Å². The third-order valence-corrected chi connectivity index (χ3v) is 2.44. The minimum absolute atomic E-state index is 0.143. The highest BCUT2D eigenvalue weighted by Crippen LogP contribution is 2.31. The molecule has 9 heteroatoms. The van der Waals surface area contributed by atoms with Crippen LogP contribution < -0.4 is 14.8 Å². The Balaban J connectivity index is 2.92. The maximum absolute atomic E-state index is 10.9. The molecule has 1 aromatic carbocycles. The second-order valence-corrected chi connectivity index (χ2v) is 3.99. The van der Waals surface area contributed by atoms with Gasteiger partial charge in [-0.2, -0.15) is 0 Å². The van der Waals surface area contributed by atoms with Gasteiger partial charge in [0.15, 0.2) is 6.04 Å². The number of hydrogen-bond donors (Lipinski definition) is 2. The lowest BCUT2D eigenvalue weighted by Crippen LogP contribution is -2.43. The molecule has 1 rings (SSSR count). The summed E-state index contributed by atoms with van der Waals surface area (Å²) in [5.74, 6) is -1.68. The second-order valence-electron chi connectivity index (χ2n) is 3.99. The van der Waals surface area contributed by atoms with Crippen molar-refractivity contribution in [3.05, 3.63) is 28.3 Å². The fourth-order valence-corrected chi connectivity index (χ4v) is 1.48. The fraction of sp³-hybridized carbons (Fsp3) is 0.333. The summed E-state index contributed by atoms with van der Waals surface area (Å²) in [5, 5.41) is 22.0. The summed E-state index contributed by atoms with van der Waals surface area (Å²) in [4.78, 5) is 32.0. The van der Waals surface area contributed by atoms with Gasteiger partial charge in [-0.3, -0.25) is 14.9 Å². The van der Waals surface area contributed by atoms with Crippen LogP contribution in [0.3, 0.4) is 0 Å². The summed E-state index contributed by atoms with van der Waals surface area (Å²) in [6.45, 7) is 0.701. The molecule has 1 unspecified atom stereocenters. The molecule has 0 heterocycles. The van der Waals surface area contributed by atoms with E-state index in [1.54, 1.807) is 0 Å². The van der Waals surface area contributed by atoms with Gasteiger partial charge in [0.25, 0.3) is 0 Å². The molecule has 1 atom stereocenters. The number of ether oxygens (including phenoxy) is 2. The highest BCUT2D eigenvalue weighted by Gasteiger charge is 2.22. The Bertz CT molecular complexity index is 559. The molecule has 0 saturated heterocycles. The van der Waals surface area contributed by atoms with E-state index in [1.165, 1.54) is 25.3 Å². The Labute approximate surface area is 119 Å². The topological polar surface area (TPSA) is 128 Å². The number of amides is 1. The van der Waals surface area contributed by atoms with Crippen LogP contribution in [-0.2, 0) is 9.59 Å². The Morgan fingerprint density at radius 2 is 2.14 bits per heavy atom. The minimum Gasteiger partial charge on any atom is -0.497 e. The standard InChI is InChI=1S/C12H14N2O7/c1-7(15)13-9(12(16)17)6-21-11-5-8(20-2)3-4-10(11)14(18)19/h3-5,9H,6H2,1-2H3,(H,13,15)(H,16,17). The minimum atomic E-state index is -1.31. The highest BCUT2D eigenvalue weighted by molar-refractivity contribution is 5.82. The van der Waals surface area contributed by atoms with E-state index in [1.807, 2.05) is 0 Å². The molecule has 0 radical (unpaired) electrons. The van der Waals surface area contributed by atoms with Crippen molar-refractivity contribution in [2.24, 2.45) is 0 Å². The van der Waals surface area contributed by atoms with Crippen LogP contribution in [0.15, 0.2) is 18.2 Å². The first kappa shape index (κ1) is 16.2. The van der Waals surface area contributed by atoms with E-state index in [-0.39, 0.29) is 11.4 Å². The van der Waals surface area contributed by atoms with Gasteiger partial charge < -0.3 is 19.9 Å². The third kappa shape index (κ3) is 4.64. The highest BCUT2D eigenvalue weighted by atomic mass is 16.6. The first-order valence-corrected chi connectivity index (χ1v) is 5.80. The normalized spacial score (nSPS) is 11.3. The van der Waals surface area contributed by atoms with E-state index < -0.39 is 29.4 Å². The predicted molar refractivity (Wildman–Crippen MR) is 70.4 cm³/mol. The summed E-state index contributed by atoms with van der Waals surface area (Å²) < 4.78 is 10.1. The van der Waals surface area contributed by atoms with Crippen molar-refractivity contribution in [2.75, 3.05) is 13.7 Å². The Hall–Kier alpha value is -2.84. The molecule has 9 nitrogen and oxygen atoms in total. The molecular formula is C12H14N2O7. The summed E-state index contributed by atoms with van der Waals surface area (Å²) in [6.07, 6.45) is 0. The molecule has 0 aliphatic carbocycles. The number of aliphatic carboxylic acids is 1. The maximum atomic E-state index is 10.9. The van der Waals surface area contributed by atoms with Crippen molar-refractivity contribution in [3.63, 3.8) is 0 Å². The number of nitro benzene ring substituents is 1. The number of nitro groups is 1. The van der Waals surface area contributed by atoms with Crippen molar-refractivity contribution < 1.29 is 29.1 Å². The number of carboxylic acids is 1. The number of nitrogens with zero attached hydrogens (tertiary/aromatic N) is 1. The first-order chi connectivity index (χ1) is 9.85. The molecule has 0 spiro atoms. The number of benzene rings is 1. The van der Waals surface area contributed by atoms with Crippen LogP contribution >= 0.6 is 0 Å². The Kier molecular flexibility index (Phi) is 5.47. The van der Waals surface area contributed by atoms with Gasteiger partial charge in [-0.15, -0.1) is 0 Å². The summed E-state index contributed by atoms with van der Waals surface area (Å²) in [5.41, 5.74) is -0.331. The smallest absolute Gasteiger partial charge is 0.329 e. The molecule has 0 aliphatic rings. The molecule has 114 valence electrons. The number of rotatable bonds is 7. The van der Waals surface area contributed by atoms with Crippen molar-refractivity contribution >= 4 is 17.6 Å². The van der Waals surface area contributed by atoms with Gasteiger partial charge in [0.2, 0.25) is 11.7 Å². The molecular weight excluding hydrogens is 284 g/mol. The quantitative estimate of drug-likeness (QED) is 0.556. The number of carbonyl (C=O) groups is 2. The molecule has 0 saturated carbocycles. The Morgan fingerprint density at radius 3 is 2.62 bits per heavy atom. The molecule has 21 heavy (non-hydrogen) atoms. The van der Waals surface area contributed by atoms with Gasteiger partial charge in [-0.05, 0) is 6.07 Å². The monoisotopic (exact) mass is 298 g/mol.